The van der Waals surface area contributed by atoms with Gasteiger partial charge in [0.1, 0.15) is 5.82 Å². The fourth-order valence-corrected chi connectivity index (χ4v) is 1.93. The first-order chi connectivity index (χ1) is 10.6. The molecule has 0 radical (unpaired) electrons. The third kappa shape index (κ3) is 4.06. The third-order valence-electron chi connectivity index (χ3n) is 3.24. The summed E-state index contributed by atoms with van der Waals surface area (Å²) >= 11 is 0. The van der Waals surface area contributed by atoms with Crippen LogP contribution in [0.5, 0.6) is 0 Å². The number of guanidine groups is 1. The number of nitrogens with one attached hydrogen (secondary N) is 1. The van der Waals surface area contributed by atoms with Gasteiger partial charge in [0.05, 0.1) is 18.2 Å². The van der Waals surface area contributed by atoms with Crippen LogP contribution >= 0.6 is 0 Å². The number of halogens is 1. The van der Waals surface area contributed by atoms with E-state index >= 15 is 0 Å². The van der Waals surface area contributed by atoms with Crippen molar-refractivity contribution in [1.29, 1.82) is 5.26 Å². The van der Waals surface area contributed by atoms with Gasteiger partial charge in [-0.2, -0.15) is 5.26 Å². The van der Waals surface area contributed by atoms with Crippen LogP contribution in [0.25, 0.3) is 0 Å². The molecular weight excluding hydrogens is 279 g/mol. The van der Waals surface area contributed by atoms with Crippen LogP contribution in [-0.2, 0) is 13.0 Å². The zero-order chi connectivity index (χ0) is 15.9. The van der Waals surface area contributed by atoms with E-state index in [0.29, 0.717) is 5.56 Å². The van der Waals surface area contributed by atoms with E-state index in [9.17, 15) is 4.39 Å². The molecule has 0 amide bonds. The number of aliphatic imine (C=N–C) groups is 1. The highest BCUT2D eigenvalue weighted by atomic mass is 19.1. The molecule has 0 saturated carbocycles. The van der Waals surface area contributed by atoms with Gasteiger partial charge in [-0.1, -0.05) is 25.1 Å². The second-order valence-electron chi connectivity index (χ2n) is 4.79. The molecule has 4 nitrogen and oxygen atoms in total. The summed E-state index contributed by atoms with van der Waals surface area (Å²) in [6.45, 7) is 2.20. The summed E-state index contributed by atoms with van der Waals surface area (Å²) in [5.41, 5.74) is 8.54. The average Bonchev–Trinajstić information content (AvgIpc) is 2.54. The van der Waals surface area contributed by atoms with Crippen molar-refractivity contribution >= 4 is 11.6 Å². The number of anilines is 1. The number of nitrogens with zero attached hydrogens (tertiary/aromatic N) is 2. The van der Waals surface area contributed by atoms with E-state index in [1.165, 1.54) is 11.6 Å². The fourth-order valence-electron chi connectivity index (χ4n) is 1.93. The minimum atomic E-state index is -0.456. The van der Waals surface area contributed by atoms with Crippen LogP contribution in [-0.4, -0.2) is 5.96 Å². The topological polar surface area (TPSA) is 74.2 Å². The monoisotopic (exact) mass is 296 g/mol. The lowest BCUT2D eigenvalue weighted by Crippen LogP contribution is -2.22. The van der Waals surface area contributed by atoms with E-state index in [2.05, 4.69) is 17.2 Å². The van der Waals surface area contributed by atoms with Gasteiger partial charge in [-0.15, -0.1) is 0 Å². The summed E-state index contributed by atoms with van der Waals surface area (Å²) in [7, 11) is 0. The molecular formula is C17H17FN4. The number of rotatable bonds is 4. The van der Waals surface area contributed by atoms with Gasteiger partial charge in [-0.25, -0.2) is 9.38 Å². The van der Waals surface area contributed by atoms with Crippen molar-refractivity contribution in [2.45, 2.75) is 19.9 Å². The number of hydrogen-bond acceptors (Lipinski definition) is 2. The molecule has 3 N–H and O–H groups in total. The van der Waals surface area contributed by atoms with Gasteiger partial charge < -0.3 is 11.1 Å². The van der Waals surface area contributed by atoms with Crippen LogP contribution in [0.3, 0.4) is 0 Å². The van der Waals surface area contributed by atoms with Crippen molar-refractivity contribution in [1.82, 2.24) is 0 Å². The van der Waals surface area contributed by atoms with Crippen LogP contribution in [0.15, 0.2) is 47.5 Å². The first kappa shape index (κ1) is 15.5. The molecule has 0 saturated heterocycles. The van der Waals surface area contributed by atoms with Crippen LogP contribution in [0, 0.1) is 17.1 Å². The standard InChI is InChI=1S/C17H17FN4/c1-2-12-4-7-15(8-5-12)22-17(20)21-11-14-6-3-13(10-19)9-16(14)18/h3-9H,2,11H2,1H3,(H3,20,21,22). The molecule has 22 heavy (non-hydrogen) atoms. The summed E-state index contributed by atoms with van der Waals surface area (Å²) in [5, 5.41) is 11.7. The molecule has 0 heterocycles. The van der Waals surface area contributed by atoms with Crippen molar-refractivity contribution in [2.75, 3.05) is 5.32 Å². The smallest absolute Gasteiger partial charge is 0.193 e. The molecule has 2 aromatic carbocycles. The number of aryl methyl sites for hydroxylation is 1. The molecule has 0 bridgehead atoms. The van der Waals surface area contributed by atoms with Gasteiger partial charge in [0.2, 0.25) is 0 Å². The lowest BCUT2D eigenvalue weighted by molar-refractivity contribution is 0.610. The van der Waals surface area contributed by atoms with Crippen LogP contribution in [0.2, 0.25) is 0 Å². The summed E-state index contributed by atoms with van der Waals surface area (Å²) < 4.78 is 13.7. The van der Waals surface area contributed by atoms with Gasteiger partial charge in [-0.05, 0) is 36.2 Å². The Morgan fingerprint density at radius 2 is 2.00 bits per heavy atom. The molecule has 5 heteroatoms. The molecule has 0 aromatic heterocycles. The molecule has 0 aliphatic rings. The maximum Gasteiger partial charge on any atom is 0.193 e. The SMILES string of the molecule is CCc1ccc(NC(N)=NCc2ccc(C#N)cc2F)cc1. The quantitative estimate of drug-likeness (QED) is 0.672. The second-order valence-corrected chi connectivity index (χ2v) is 4.79. The average molecular weight is 296 g/mol. The summed E-state index contributed by atoms with van der Waals surface area (Å²) in [6.07, 6.45) is 0.974. The highest BCUT2D eigenvalue weighted by Crippen LogP contribution is 2.12. The fraction of sp³-hybridized carbons (Fsp3) is 0.176. The first-order valence-electron chi connectivity index (χ1n) is 6.96. The molecule has 0 atom stereocenters. The Labute approximate surface area is 129 Å². The Kier molecular flexibility index (Phi) is 5.10. The van der Waals surface area contributed by atoms with E-state index in [1.807, 2.05) is 30.3 Å². The Morgan fingerprint density at radius 1 is 1.27 bits per heavy atom. The third-order valence-corrected chi connectivity index (χ3v) is 3.24. The molecule has 0 fully saturated rings. The Hall–Kier alpha value is -2.87. The van der Waals surface area contributed by atoms with Crippen molar-refractivity contribution in [3.05, 3.63) is 65.0 Å². The lowest BCUT2D eigenvalue weighted by atomic mass is 10.1. The summed E-state index contributed by atoms with van der Waals surface area (Å²) in [5.74, 6) is -0.240. The van der Waals surface area contributed by atoms with Crippen molar-refractivity contribution in [3.63, 3.8) is 0 Å². The van der Waals surface area contributed by atoms with E-state index in [0.717, 1.165) is 12.1 Å². The Balaban J connectivity index is 2.01. The van der Waals surface area contributed by atoms with Crippen molar-refractivity contribution < 1.29 is 4.39 Å². The second kappa shape index (κ2) is 7.23. The molecule has 0 unspecified atom stereocenters. The molecule has 0 aliphatic carbocycles. The van der Waals surface area contributed by atoms with Crippen LogP contribution < -0.4 is 11.1 Å². The minimum Gasteiger partial charge on any atom is -0.370 e. The van der Waals surface area contributed by atoms with E-state index in [1.54, 1.807) is 12.1 Å². The van der Waals surface area contributed by atoms with E-state index < -0.39 is 5.82 Å². The highest BCUT2D eigenvalue weighted by molar-refractivity contribution is 5.92. The van der Waals surface area contributed by atoms with Crippen LogP contribution in [0.1, 0.15) is 23.6 Å². The largest absolute Gasteiger partial charge is 0.370 e. The number of nitriles is 1. The van der Waals surface area contributed by atoms with Crippen LogP contribution in [0.4, 0.5) is 10.1 Å². The zero-order valence-electron chi connectivity index (χ0n) is 12.3. The van der Waals surface area contributed by atoms with Gasteiger partial charge in [0.25, 0.3) is 0 Å². The molecule has 2 aromatic rings. The Morgan fingerprint density at radius 3 is 2.59 bits per heavy atom. The van der Waals surface area contributed by atoms with Crippen molar-refractivity contribution in [3.8, 4) is 6.07 Å². The number of hydrogen-bond donors (Lipinski definition) is 2. The van der Waals surface area contributed by atoms with Gasteiger partial charge >= 0.3 is 0 Å². The van der Waals surface area contributed by atoms with Gasteiger partial charge in [0.15, 0.2) is 5.96 Å². The number of benzene rings is 2. The first-order valence-corrected chi connectivity index (χ1v) is 6.96. The zero-order valence-corrected chi connectivity index (χ0v) is 12.3. The maximum absolute atomic E-state index is 13.7. The minimum absolute atomic E-state index is 0.115. The predicted molar refractivity (Wildman–Crippen MR) is 85.9 cm³/mol. The van der Waals surface area contributed by atoms with Gasteiger partial charge in [-0.3, -0.25) is 0 Å². The number of nitrogens with two attached hydrogens (primary N) is 1. The summed E-state index contributed by atoms with van der Waals surface area (Å²) in [4.78, 5) is 4.11. The molecule has 0 spiro atoms. The molecule has 112 valence electrons. The molecule has 2 rings (SSSR count). The maximum atomic E-state index is 13.7. The highest BCUT2D eigenvalue weighted by Gasteiger charge is 2.03. The normalized spacial score (nSPS) is 11.0. The Bertz CT molecular complexity index is 714. The molecule has 0 aliphatic heterocycles. The van der Waals surface area contributed by atoms with Crippen molar-refractivity contribution in [2.24, 2.45) is 10.7 Å². The van der Waals surface area contributed by atoms with E-state index in [4.69, 9.17) is 11.0 Å². The summed E-state index contributed by atoms with van der Waals surface area (Å²) in [6, 6.07) is 14.0. The van der Waals surface area contributed by atoms with E-state index in [-0.39, 0.29) is 18.1 Å². The lowest BCUT2D eigenvalue weighted by Gasteiger charge is -2.07. The predicted octanol–water partition coefficient (Wildman–Crippen LogP) is 3.19. The van der Waals surface area contributed by atoms with Gasteiger partial charge in [0, 0.05) is 11.3 Å².